The van der Waals surface area contributed by atoms with Gasteiger partial charge in [0.05, 0.1) is 6.42 Å². The summed E-state index contributed by atoms with van der Waals surface area (Å²) in [7, 11) is 0. The second-order valence-corrected chi connectivity index (χ2v) is 3.75. The quantitative estimate of drug-likeness (QED) is 0.783. The highest BCUT2D eigenvalue weighted by Gasteiger charge is 2.38. The van der Waals surface area contributed by atoms with E-state index in [4.69, 9.17) is 9.52 Å². The molecule has 76 valence electrons. The molecular weight excluding hydrogens is 184 g/mol. The number of hydrogen-bond donors (Lipinski definition) is 1. The normalized spacial score (nSPS) is 24.9. The summed E-state index contributed by atoms with van der Waals surface area (Å²) in [6.45, 7) is 2.13. The molecule has 0 aliphatic heterocycles. The summed E-state index contributed by atoms with van der Waals surface area (Å²) in [6, 6.07) is 0. The predicted molar refractivity (Wildman–Crippen MR) is 46.8 cm³/mol. The minimum absolute atomic E-state index is 0.0435. The zero-order chi connectivity index (χ0) is 10.1. The van der Waals surface area contributed by atoms with E-state index in [0.717, 1.165) is 6.42 Å². The summed E-state index contributed by atoms with van der Waals surface area (Å²) in [5.74, 6) is 1.28. The topological polar surface area (TPSA) is 76.2 Å². The molecule has 0 aromatic carbocycles. The molecule has 1 aromatic rings. The number of hydrogen-bond acceptors (Lipinski definition) is 4. The van der Waals surface area contributed by atoms with Crippen molar-refractivity contribution in [1.82, 2.24) is 10.2 Å². The molecule has 1 fully saturated rings. The number of aliphatic carboxylic acids is 1. The van der Waals surface area contributed by atoms with Crippen LogP contribution in [0, 0.1) is 5.92 Å². The number of aromatic nitrogens is 2. The Bertz CT molecular complexity index is 348. The smallest absolute Gasteiger partial charge is 0.303 e. The average molecular weight is 196 g/mol. The highest BCUT2D eigenvalue weighted by Crippen LogP contribution is 2.46. The van der Waals surface area contributed by atoms with E-state index in [1.165, 1.54) is 0 Å². The molecule has 5 heteroatoms. The molecule has 5 nitrogen and oxygen atoms in total. The Morgan fingerprint density at radius 1 is 1.64 bits per heavy atom. The van der Waals surface area contributed by atoms with E-state index in [0.29, 0.717) is 30.0 Å². The van der Waals surface area contributed by atoms with E-state index in [1.807, 2.05) is 0 Å². The van der Waals surface area contributed by atoms with Crippen LogP contribution in [0.4, 0.5) is 0 Å². The van der Waals surface area contributed by atoms with Crippen LogP contribution in [0.2, 0.25) is 0 Å². The van der Waals surface area contributed by atoms with E-state index < -0.39 is 5.97 Å². The summed E-state index contributed by atoms with van der Waals surface area (Å²) in [5, 5.41) is 16.2. The maximum atomic E-state index is 10.3. The number of nitrogens with zero attached hydrogens (tertiary/aromatic N) is 2. The van der Waals surface area contributed by atoms with Gasteiger partial charge in [-0.3, -0.25) is 4.79 Å². The molecule has 14 heavy (non-hydrogen) atoms. The van der Waals surface area contributed by atoms with Crippen LogP contribution >= 0.6 is 0 Å². The molecule has 0 saturated heterocycles. The monoisotopic (exact) mass is 196 g/mol. The van der Waals surface area contributed by atoms with Crippen LogP contribution in [0.3, 0.4) is 0 Å². The van der Waals surface area contributed by atoms with Crippen molar-refractivity contribution in [1.29, 1.82) is 0 Å². The highest BCUT2D eigenvalue weighted by atomic mass is 16.4. The lowest BCUT2D eigenvalue weighted by Gasteiger charge is -1.89. The van der Waals surface area contributed by atoms with E-state index in [1.54, 1.807) is 0 Å². The number of aryl methyl sites for hydroxylation is 1. The minimum Gasteiger partial charge on any atom is -0.481 e. The molecule has 2 atom stereocenters. The van der Waals surface area contributed by atoms with E-state index >= 15 is 0 Å². The van der Waals surface area contributed by atoms with Crippen molar-refractivity contribution in [2.24, 2.45) is 5.92 Å². The first-order valence-electron chi connectivity index (χ1n) is 4.71. The standard InChI is InChI=1S/C9H12N2O3/c1-5-4-6(5)9-11-10-7(14-9)2-3-8(12)13/h5-6H,2-4H2,1H3,(H,12,13). The summed E-state index contributed by atoms with van der Waals surface area (Å²) < 4.78 is 5.34. The first-order chi connectivity index (χ1) is 6.66. The zero-order valence-corrected chi connectivity index (χ0v) is 7.93. The SMILES string of the molecule is CC1CC1c1nnc(CCC(=O)O)o1. The van der Waals surface area contributed by atoms with Crippen molar-refractivity contribution in [2.45, 2.75) is 32.1 Å². The third-order valence-corrected chi connectivity index (χ3v) is 2.46. The molecular formula is C9H12N2O3. The summed E-state index contributed by atoms with van der Waals surface area (Å²) >= 11 is 0. The number of carbonyl (C=O) groups is 1. The second kappa shape index (κ2) is 3.40. The van der Waals surface area contributed by atoms with E-state index in [9.17, 15) is 4.79 Å². The lowest BCUT2D eigenvalue weighted by Crippen LogP contribution is -1.97. The first-order valence-corrected chi connectivity index (χ1v) is 4.71. The van der Waals surface area contributed by atoms with Crippen LogP contribution in [0.1, 0.15) is 37.5 Å². The minimum atomic E-state index is -0.843. The van der Waals surface area contributed by atoms with Crippen molar-refractivity contribution in [3.63, 3.8) is 0 Å². The largest absolute Gasteiger partial charge is 0.481 e. The average Bonchev–Trinajstić information content (AvgIpc) is 2.68. The molecule has 1 heterocycles. The van der Waals surface area contributed by atoms with E-state index in [-0.39, 0.29) is 6.42 Å². The van der Waals surface area contributed by atoms with Crippen LogP contribution in [-0.4, -0.2) is 21.3 Å². The lowest BCUT2D eigenvalue weighted by atomic mass is 10.3. The molecule has 0 bridgehead atoms. The molecule has 1 saturated carbocycles. The number of carboxylic acids is 1. The van der Waals surface area contributed by atoms with Gasteiger partial charge >= 0.3 is 5.97 Å². The Hall–Kier alpha value is -1.39. The Kier molecular flexibility index (Phi) is 2.23. The Labute approximate surface area is 81.1 Å². The Morgan fingerprint density at radius 3 is 2.93 bits per heavy atom. The van der Waals surface area contributed by atoms with Crippen molar-refractivity contribution < 1.29 is 14.3 Å². The molecule has 2 unspecified atom stereocenters. The van der Waals surface area contributed by atoms with Gasteiger partial charge in [0.25, 0.3) is 0 Å². The van der Waals surface area contributed by atoms with Crippen LogP contribution in [0.25, 0.3) is 0 Å². The van der Waals surface area contributed by atoms with Gasteiger partial charge in [-0.15, -0.1) is 10.2 Å². The summed E-state index contributed by atoms with van der Waals surface area (Å²) in [6.07, 6.45) is 1.46. The molecule has 1 aliphatic carbocycles. The maximum Gasteiger partial charge on any atom is 0.303 e. The lowest BCUT2D eigenvalue weighted by molar-refractivity contribution is -0.137. The van der Waals surface area contributed by atoms with Crippen LogP contribution < -0.4 is 0 Å². The van der Waals surface area contributed by atoms with Crippen LogP contribution in [-0.2, 0) is 11.2 Å². The number of carboxylic acid groups (broad SMARTS) is 1. The van der Waals surface area contributed by atoms with Crippen molar-refractivity contribution >= 4 is 5.97 Å². The Balaban J connectivity index is 1.93. The fraction of sp³-hybridized carbons (Fsp3) is 0.667. The third kappa shape index (κ3) is 1.92. The van der Waals surface area contributed by atoms with Gasteiger partial charge in [-0.25, -0.2) is 0 Å². The van der Waals surface area contributed by atoms with Gasteiger partial charge in [0.2, 0.25) is 11.8 Å². The molecule has 1 aliphatic rings. The van der Waals surface area contributed by atoms with Gasteiger partial charge in [0.1, 0.15) is 0 Å². The molecule has 1 N–H and O–H groups in total. The fourth-order valence-corrected chi connectivity index (χ4v) is 1.40. The molecule has 0 amide bonds. The second-order valence-electron chi connectivity index (χ2n) is 3.75. The molecule has 1 aromatic heterocycles. The summed E-state index contributed by atoms with van der Waals surface area (Å²) in [4.78, 5) is 10.3. The first kappa shape index (κ1) is 9.18. The van der Waals surface area contributed by atoms with Gasteiger partial charge in [0.15, 0.2) is 0 Å². The molecule has 0 radical (unpaired) electrons. The van der Waals surface area contributed by atoms with Gasteiger partial charge in [0, 0.05) is 12.3 Å². The van der Waals surface area contributed by atoms with Gasteiger partial charge in [-0.2, -0.15) is 0 Å². The molecule has 2 rings (SSSR count). The van der Waals surface area contributed by atoms with Gasteiger partial charge in [-0.1, -0.05) is 6.92 Å². The van der Waals surface area contributed by atoms with Crippen LogP contribution in [0.15, 0.2) is 4.42 Å². The molecule has 0 spiro atoms. The fourth-order valence-electron chi connectivity index (χ4n) is 1.40. The Morgan fingerprint density at radius 2 is 2.36 bits per heavy atom. The van der Waals surface area contributed by atoms with Crippen molar-refractivity contribution in [3.8, 4) is 0 Å². The zero-order valence-electron chi connectivity index (χ0n) is 7.93. The third-order valence-electron chi connectivity index (χ3n) is 2.46. The van der Waals surface area contributed by atoms with E-state index in [2.05, 4.69) is 17.1 Å². The predicted octanol–water partition coefficient (Wildman–Crippen LogP) is 1.21. The highest BCUT2D eigenvalue weighted by molar-refractivity contribution is 5.66. The van der Waals surface area contributed by atoms with Crippen LogP contribution in [0.5, 0.6) is 0 Å². The van der Waals surface area contributed by atoms with Gasteiger partial charge < -0.3 is 9.52 Å². The summed E-state index contributed by atoms with van der Waals surface area (Å²) in [5.41, 5.74) is 0. The van der Waals surface area contributed by atoms with Crippen molar-refractivity contribution in [2.75, 3.05) is 0 Å². The van der Waals surface area contributed by atoms with Crippen molar-refractivity contribution in [3.05, 3.63) is 11.8 Å². The van der Waals surface area contributed by atoms with Gasteiger partial charge in [-0.05, 0) is 12.3 Å². The maximum absolute atomic E-state index is 10.3. The number of rotatable bonds is 4.